The molecule has 0 aliphatic heterocycles. The molecule has 0 saturated carbocycles. The van der Waals surface area contributed by atoms with Crippen molar-refractivity contribution in [1.29, 1.82) is 0 Å². The summed E-state index contributed by atoms with van der Waals surface area (Å²) in [4.78, 5) is 11.4. The van der Waals surface area contributed by atoms with Crippen molar-refractivity contribution < 1.29 is 19.0 Å². The smallest absolute Gasteiger partial charge is 0.339 e. The molecule has 1 aromatic heterocycles. The highest BCUT2D eigenvalue weighted by Gasteiger charge is 2.24. The zero-order chi connectivity index (χ0) is 15.6. The summed E-state index contributed by atoms with van der Waals surface area (Å²) in [6.07, 6.45) is 2.21. The molecule has 1 unspecified atom stereocenters. The van der Waals surface area contributed by atoms with Crippen LogP contribution < -0.4 is 4.74 Å². The van der Waals surface area contributed by atoms with Gasteiger partial charge < -0.3 is 9.84 Å². The quantitative estimate of drug-likeness (QED) is 0.917. The molecule has 0 aliphatic carbocycles. The lowest BCUT2D eigenvalue weighted by molar-refractivity contribution is 0.0697. The van der Waals surface area contributed by atoms with Crippen molar-refractivity contribution >= 4 is 5.97 Å². The Morgan fingerprint density at radius 2 is 2.24 bits per heavy atom. The predicted octanol–water partition coefficient (Wildman–Crippen LogP) is 3.37. The SMILES string of the molecule is CCC(C)n1cc(C(=O)O)c(-c2c(F)cccc2OC)n1. The molecular weight excluding hydrogens is 275 g/mol. The van der Waals surface area contributed by atoms with Gasteiger partial charge in [-0.2, -0.15) is 5.10 Å². The second-order valence-electron chi connectivity index (χ2n) is 4.75. The molecule has 5 nitrogen and oxygen atoms in total. The Balaban J connectivity index is 2.68. The lowest BCUT2D eigenvalue weighted by Crippen LogP contribution is -2.04. The fraction of sp³-hybridized carbons (Fsp3) is 0.333. The molecule has 0 spiro atoms. The topological polar surface area (TPSA) is 64.4 Å². The first-order chi connectivity index (χ1) is 9.99. The number of carboxylic acids is 1. The third-order valence-corrected chi connectivity index (χ3v) is 3.44. The van der Waals surface area contributed by atoms with Gasteiger partial charge in [-0.1, -0.05) is 13.0 Å². The van der Waals surface area contributed by atoms with Gasteiger partial charge in [-0.3, -0.25) is 4.68 Å². The van der Waals surface area contributed by atoms with Crippen molar-refractivity contribution in [1.82, 2.24) is 9.78 Å². The Hall–Kier alpha value is -2.37. The van der Waals surface area contributed by atoms with Crippen LogP contribution in [0.25, 0.3) is 11.3 Å². The largest absolute Gasteiger partial charge is 0.496 e. The van der Waals surface area contributed by atoms with Crippen LogP contribution in [-0.2, 0) is 0 Å². The highest BCUT2D eigenvalue weighted by molar-refractivity contribution is 5.95. The summed E-state index contributed by atoms with van der Waals surface area (Å²) >= 11 is 0. The van der Waals surface area contributed by atoms with Crippen LogP contribution in [-0.4, -0.2) is 28.0 Å². The highest BCUT2D eigenvalue weighted by atomic mass is 19.1. The minimum absolute atomic E-state index is 0.0228. The number of ether oxygens (including phenoxy) is 1. The number of hydrogen-bond donors (Lipinski definition) is 1. The van der Waals surface area contributed by atoms with Gasteiger partial charge in [0, 0.05) is 12.2 Å². The minimum Gasteiger partial charge on any atom is -0.496 e. The molecule has 0 aliphatic rings. The second-order valence-corrected chi connectivity index (χ2v) is 4.75. The third kappa shape index (κ3) is 2.74. The Morgan fingerprint density at radius 1 is 1.52 bits per heavy atom. The zero-order valence-electron chi connectivity index (χ0n) is 12.1. The number of carbonyl (C=O) groups is 1. The molecule has 0 saturated heterocycles. The van der Waals surface area contributed by atoms with Crippen molar-refractivity contribution in [2.75, 3.05) is 7.11 Å². The Morgan fingerprint density at radius 3 is 2.81 bits per heavy atom. The maximum absolute atomic E-state index is 14.1. The second kappa shape index (κ2) is 5.95. The minimum atomic E-state index is -1.15. The molecular formula is C15H17FN2O3. The molecule has 21 heavy (non-hydrogen) atoms. The van der Waals surface area contributed by atoms with Crippen LogP contribution in [0.5, 0.6) is 5.75 Å². The standard InChI is InChI=1S/C15H17FN2O3/c1-4-9(2)18-8-10(15(19)20)14(17-18)13-11(16)6-5-7-12(13)21-3/h5-9H,4H2,1-3H3,(H,19,20). The molecule has 1 aromatic carbocycles. The average Bonchev–Trinajstić information content (AvgIpc) is 2.90. The van der Waals surface area contributed by atoms with Crippen LogP contribution in [0.4, 0.5) is 4.39 Å². The summed E-state index contributed by atoms with van der Waals surface area (Å²) in [5.41, 5.74) is 0.107. The van der Waals surface area contributed by atoms with Crippen molar-refractivity contribution in [3.05, 3.63) is 35.8 Å². The van der Waals surface area contributed by atoms with Gasteiger partial charge in [0.15, 0.2) is 0 Å². The molecule has 0 radical (unpaired) electrons. The van der Waals surface area contributed by atoms with Crippen LogP contribution in [0.1, 0.15) is 36.7 Å². The summed E-state index contributed by atoms with van der Waals surface area (Å²) in [6.45, 7) is 3.89. The van der Waals surface area contributed by atoms with Crippen molar-refractivity contribution in [3.8, 4) is 17.0 Å². The highest BCUT2D eigenvalue weighted by Crippen LogP contribution is 2.34. The number of carboxylic acid groups (broad SMARTS) is 1. The van der Waals surface area contributed by atoms with E-state index in [4.69, 9.17) is 4.74 Å². The van der Waals surface area contributed by atoms with Crippen molar-refractivity contribution in [2.24, 2.45) is 0 Å². The van der Waals surface area contributed by atoms with E-state index in [2.05, 4.69) is 5.10 Å². The molecule has 1 atom stereocenters. The van der Waals surface area contributed by atoms with Gasteiger partial charge in [0.05, 0.1) is 12.7 Å². The number of rotatable bonds is 5. The first-order valence-electron chi connectivity index (χ1n) is 6.64. The van der Waals surface area contributed by atoms with Gasteiger partial charge in [0.2, 0.25) is 0 Å². The maximum Gasteiger partial charge on any atom is 0.339 e. The molecule has 0 bridgehead atoms. The third-order valence-electron chi connectivity index (χ3n) is 3.44. The summed E-state index contributed by atoms with van der Waals surface area (Å²) in [5, 5.41) is 13.6. The van der Waals surface area contributed by atoms with Crippen LogP contribution in [0.15, 0.2) is 24.4 Å². The van der Waals surface area contributed by atoms with E-state index in [1.165, 1.54) is 25.4 Å². The fourth-order valence-corrected chi connectivity index (χ4v) is 2.05. The number of methoxy groups -OCH3 is 1. The van der Waals surface area contributed by atoms with E-state index in [9.17, 15) is 14.3 Å². The first-order valence-corrected chi connectivity index (χ1v) is 6.64. The maximum atomic E-state index is 14.1. The summed E-state index contributed by atoms with van der Waals surface area (Å²) in [5.74, 6) is -1.46. The van der Waals surface area contributed by atoms with Crippen molar-refractivity contribution in [2.45, 2.75) is 26.3 Å². The number of aromatic nitrogens is 2. The monoisotopic (exact) mass is 292 g/mol. The molecule has 2 aromatic rings. The number of aromatic carboxylic acids is 1. The van der Waals surface area contributed by atoms with Gasteiger partial charge in [-0.05, 0) is 25.5 Å². The lowest BCUT2D eigenvalue weighted by atomic mass is 10.1. The van der Waals surface area contributed by atoms with Crippen LogP contribution in [0.3, 0.4) is 0 Å². The molecule has 2 rings (SSSR count). The normalized spacial score (nSPS) is 12.2. The number of benzene rings is 1. The van der Waals surface area contributed by atoms with Gasteiger partial charge >= 0.3 is 5.97 Å². The number of nitrogens with zero attached hydrogens (tertiary/aromatic N) is 2. The van der Waals surface area contributed by atoms with Crippen LogP contribution in [0, 0.1) is 5.82 Å². The van der Waals surface area contributed by atoms with E-state index >= 15 is 0 Å². The van der Waals surface area contributed by atoms with E-state index in [1.807, 2.05) is 13.8 Å². The molecule has 0 fully saturated rings. The van der Waals surface area contributed by atoms with Gasteiger partial charge in [-0.15, -0.1) is 0 Å². The van der Waals surface area contributed by atoms with Gasteiger partial charge in [0.1, 0.15) is 22.8 Å². The van der Waals surface area contributed by atoms with E-state index in [0.717, 1.165) is 6.42 Å². The van der Waals surface area contributed by atoms with E-state index in [1.54, 1.807) is 10.7 Å². The number of halogens is 1. The summed E-state index contributed by atoms with van der Waals surface area (Å²) < 4.78 is 20.8. The zero-order valence-corrected chi connectivity index (χ0v) is 12.1. The summed E-state index contributed by atoms with van der Waals surface area (Å²) in [6, 6.07) is 4.36. The average molecular weight is 292 g/mol. The van der Waals surface area contributed by atoms with Crippen molar-refractivity contribution in [3.63, 3.8) is 0 Å². The molecule has 0 amide bonds. The Labute approximate surface area is 122 Å². The fourth-order valence-electron chi connectivity index (χ4n) is 2.05. The van der Waals surface area contributed by atoms with E-state index < -0.39 is 11.8 Å². The predicted molar refractivity (Wildman–Crippen MR) is 76.1 cm³/mol. The molecule has 1 N–H and O–H groups in total. The first kappa shape index (κ1) is 15.0. The van der Waals surface area contributed by atoms with Crippen LogP contribution in [0.2, 0.25) is 0 Å². The lowest BCUT2D eigenvalue weighted by Gasteiger charge is -2.09. The number of hydrogen-bond acceptors (Lipinski definition) is 3. The summed E-state index contributed by atoms with van der Waals surface area (Å²) in [7, 11) is 1.41. The van der Waals surface area contributed by atoms with Gasteiger partial charge in [-0.25, -0.2) is 9.18 Å². The van der Waals surface area contributed by atoms with E-state index in [0.29, 0.717) is 0 Å². The van der Waals surface area contributed by atoms with Gasteiger partial charge in [0.25, 0.3) is 0 Å². The Bertz CT molecular complexity index is 667. The van der Waals surface area contributed by atoms with E-state index in [-0.39, 0.29) is 28.6 Å². The Kier molecular flexibility index (Phi) is 4.26. The molecule has 6 heteroatoms. The molecule has 1 heterocycles. The molecule has 112 valence electrons. The van der Waals surface area contributed by atoms with Crippen LogP contribution >= 0.6 is 0 Å².